The fourth-order valence-corrected chi connectivity index (χ4v) is 2.39. The number of hydrogen-bond acceptors (Lipinski definition) is 5. The molecule has 2 unspecified atom stereocenters. The number of ether oxygens (including phenoxy) is 1. The van der Waals surface area contributed by atoms with Crippen LogP contribution in [0.5, 0.6) is 0 Å². The highest BCUT2D eigenvalue weighted by molar-refractivity contribution is 7.17. The van der Waals surface area contributed by atoms with Crippen LogP contribution in [0.1, 0.15) is 23.6 Å². The van der Waals surface area contributed by atoms with Gasteiger partial charge in [-0.3, -0.25) is 4.79 Å². The molecule has 5 nitrogen and oxygen atoms in total. The molecule has 1 saturated heterocycles. The topological polar surface area (TPSA) is 55.3 Å². The minimum atomic E-state index is -0.118. The van der Waals surface area contributed by atoms with E-state index < -0.39 is 0 Å². The van der Waals surface area contributed by atoms with E-state index in [0.29, 0.717) is 18.2 Å². The van der Waals surface area contributed by atoms with Gasteiger partial charge in [0.25, 0.3) is 5.91 Å². The number of rotatable bonds is 1. The zero-order chi connectivity index (χ0) is 11.7. The highest BCUT2D eigenvalue weighted by Crippen LogP contribution is 2.20. The van der Waals surface area contributed by atoms with Gasteiger partial charge in [0.15, 0.2) is 0 Å². The highest BCUT2D eigenvalue weighted by atomic mass is 35.5. The molecule has 0 spiro atoms. The molecule has 0 saturated carbocycles. The van der Waals surface area contributed by atoms with Crippen LogP contribution >= 0.6 is 22.9 Å². The standard InChI is InChI=1S/C9H12ClN3O2S/c1-5-4-15-6(2)3-13(5)8(14)7-11-12-9(10)16-7/h5-6H,3-4H2,1-2H3. The molecular weight excluding hydrogens is 250 g/mol. The van der Waals surface area contributed by atoms with Crippen molar-refractivity contribution in [2.24, 2.45) is 0 Å². The van der Waals surface area contributed by atoms with Gasteiger partial charge < -0.3 is 9.64 Å². The second-order valence-corrected chi connectivity index (χ2v) is 5.37. The van der Waals surface area contributed by atoms with Crippen molar-refractivity contribution in [3.8, 4) is 0 Å². The number of halogens is 1. The molecule has 0 aromatic carbocycles. The predicted octanol–water partition coefficient (Wildman–Crippen LogP) is 1.44. The van der Waals surface area contributed by atoms with Crippen LogP contribution < -0.4 is 0 Å². The van der Waals surface area contributed by atoms with Crippen molar-refractivity contribution >= 4 is 28.8 Å². The molecule has 16 heavy (non-hydrogen) atoms. The third-order valence-corrected chi connectivity index (χ3v) is 3.46. The van der Waals surface area contributed by atoms with Crippen molar-refractivity contribution < 1.29 is 9.53 Å². The van der Waals surface area contributed by atoms with Gasteiger partial charge >= 0.3 is 0 Å². The Bertz CT molecular complexity index is 398. The molecule has 2 heterocycles. The maximum Gasteiger partial charge on any atom is 0.285 e. The van der Waals surface area contributed by atoms with Crippen molar-refractivity contribution in [1.82, 2.24) is 15.1 Å². The van der Waals surface area contributed by atoms with Gasteiger partial charge in [-0.25, -0.2) is 0 Å². The number of nitrogens with zero attached hydrogens (tertiary/aromatic N) is 3. The van der Waals surface area contributed by atoms with Crippen LogP contribution in [0.4, 0.5) is 0 Å². The summed E-state index contributed by atoms with van der Waals surface area (Å²) in [5, 5.41) is 7.73. The maximum absolute atomic E-state index is 12.1. The smallest absolute Gasteiger partial charge is 0.285 e. The van der Waals surface area contributed by atoms with E-state index in [1.54, 1.807) is 4.90 Å². The average molecular weight is 262 g/mol. The molecule has 88 valence electrons. The lowest BCUT2D eigenvalue weighted by Gasteiger charge is -2.36. The lowest BCUT2D eigenvalue weighted by atomic mass is 10.2. The van der Waals surface area contributed by atoms with Crippen LogP contribution in [0.15, 0.2) is 0 Å². The molecular formula is C9H12ClN3O2S. The minimum Gasteiger partial charge on any atom is -0.375 e. The lowest BCUT2D eigenvalue weighted by molar-refractivity contribution is -0.0387. The van der Waals surface area contributed by atoms with E-state index in [0.717, 1.165) is 11.3 Å². The number of carbonyl (C=O) groups is 1. The Hall–Kier alpha value is -0.720. The van der Waals surface area contributed by atoms with Gasteiger partial charge in [-0.15, -0.1) is 10.2 Å². The Morgan fingerprint density at radius 3 is 2.94 bits per heavy atom. The van der Waals surface area contributed by atoms with Gasteiger partial charge in [0.1, 0.15) is 0 Å². The Kier molecular flexibility index (Phi) is 3.41. The molecule has 1 amide bonds. The Morgan fingerprint density at radius 1 is 1.56 bits per heavy atom. The summed E-state index contributed by atoms with van der Waals surface area (Å²) in [6.07, 6.45) is 0.0588. The normalized spacial score (nSPS) is 25.8. The van der Waals surface area contributed by atoms with Crippen molar-refractivity contribution in [3.63, 3.8) is 0 Å². The third kappa shape index (κ3) is 2.34. The summed E-state index contributed by atoms with van der Waals surface area (Å²) in [4.78, 5) is 13.8. The molecule has 1 aromatic rings. The molecule has 7 heteroatoms. The van der Waals surface area contributed by atoms with E-state index in [1.165, 1.54) is 0 Å². The first-order valence-corrected chi connectivity index (χ1v) is 6.19. The van der Waals surface area contributed by atoms with Crippen molar-refractivity contribution in [2.75, 3.05) is 13.2 Å². The first-order valence-electron chi connectivity index (χ1n) is 4.99. The zero-order valence-corrected chi connectivity index (χ0v) is 10.6. The molecule has 2 rings (SSSR count). The fourth-order valence-electron chi connectivity index (χ4n) is 1.60. The summed E-state index contributed by atoms with van der Waals surface area (Å²) in [5.41, 5.74) is 0. The average Bonchev–Trinajstić information content (AvgIpc) is 2.67. The molecule has 1 fully saturated rings. The predicted molar refractivity (Wildman–Crippen MR) is 60.8 cm³/mol. The van der Waals surface area contributed by atoms with Crippen molar-refractivity contribution in [1.29, 1.82) is 0 Å². The van der Waals surface area contributed by atoms with Crippen LogP contribution in [-0.2, 0) is 4.74 Å². The van der Waals surface area contributed by atoms with Gasteiger partial charge in [0.05, 0.1) is 18.8 Å². The Balaban J connectivity index is 2.14. The van der Waals surface area contributed by atoms with Crippen LogP contribution in [0, 0.1) is 0 Å². The van der Waals surface area contributed by atoms with Crippen molar-refractivity contribution in [3.05, 3.63) is 9.47 Å². The summed E-state index contributed by atoms with van der Waals surface area (Å²) in [5.74, 6) is -0.118. The van der Waals surface area contributed by atoms with E-state index in [9.17, 15) is 4.79 Å². The van der Waals surface area contributed by atoms with E-state index in [1.807, 2.05) is 13.8 Å². The molecule has 1 aliphatic heterocycles. The highest BCUT2D eigenvalue weighted by Gasteiger charge is 2.30. The SMILES string of the molecule is CC1CN(C(=O)c2nnc(Cl)s2)C(C)CO1. The molecule has 2 atom stereocenters. The van der Waals surface area contributed by atoms with Gasteiger partial charge in [0.2, 0.25) is 9.47 Å². The number of hydrogen-bond donors (Lipinski definition) is 0. The van der Waals surface area contributed by atoms with E-state index in [2.05, 4.69) is 10.2 Å². The Labute approximate surface area is 102 Å². The van der Waals surface area contributed by atoms with Gasteiger partial charge in [-0.2, -0.15) is 0 Å². The van der Waals surface area contributed by atoms with Crippen LogP contribution in [0.3, 0.4) is 0 Å². The molecule has 1 aromatic heterocycles. The lowest BCUT2D eigenvalue weighted by Crippen LogP contribution is -2.50. The third-order valence-electron chi connectivity index (χ3n) is 2.45. The number of amides is 1. The summed E-state index contributed by atoms with van der Waals surface area (Å²) >= 11 is 6.76. The maximum atomic E-state index is 12.1. The van der Waals surface area contributed by atoms with E-state index in [-0.39, 0.29) is 22.5 Å². The van der Waals surface area contributed by atoms with Gasteiger partial charge in [-0.05, 0) is 25.4 Å². The minimum absolute atomic E-state index is 0.0588. The van der Waals surface area contributed by atoms with E-state index >= 15 is 0 Å². The van der Waals surface area contributed by atoms with Gasteiger partial charge in [0, 0.05) is 6.54 Å². The zero-order valence-electron chi connectivity index (χ0n) is 9.01. The quantitative estimate of drug-likeness (QED) is 0.768. The van der Waals surface area contributed by atoms with Crippen LogP contribution in [0.25, 0.3) is 0 Å². The van der Waals surface area contributed by atoms with Crippen LogP contribution in [0.2, 0.25) is 4.47 Å². The first kappa shape index (κ1) is 11.8. The second-order valence-electron chi connectivity index (χ2n) is 3.81. The number of morpholine rings is 1. The molecule has 0 bridgehead atoms. The number of carbonyl (C=O) groups excluding carboxylic acids is 1. The molecule has 0 aliphatic carbocycles. The molecule has 1 aliphatic rings. The molecule has 0 radical (unpaired) electrons. The van der Waals surface area contributed by atoms with E-state index in [4.69, 9.17) is 16.3 Å². The van der Waals surface area contributed by atoms with Crippen molar-refractivity contribution in [2.45, 2.75) is 26.0 Å². The summed E-state index contributed by atoms with van der Waals surface area (Å²) < 4.78 is 5.75. The van der Waals surface area contributed by atoms with Gasteiger partial charge in [-0.1, -0.05) is 11.3 Å². The number of aromatic nitrogens is 2. The summed E-state index contributed by atoms with van der Waals surface area (Å²) in [6.45, 7) is 5.03. The summed E-state index contributed by atoms with van der Waals surface area (Å²) in [6, 6.07) is 0.0615. The largest absolute Gasteiger partial charge is 0.375 e. The molecule has 0 N–H and O–H groups in total. The first-order chi connectivity index (χ1) is 7.58. The summed E-state index contributed by atoms with van der Waals surface area (Å²) in [7, 11) is 0. The van der Waals surface area contributed by atoms with Crippen LogP contribution in [-0.4, -0.2) is 46.3 Å². The monoisotopic (exact) mass is 261 g/mol. The second kappa shape index (κ2) is 4.65. The fraction of sp³-hybridized carbons (Fsp3) is 0.667. The Morgan fingerprint density at radius 2 is 2.31 bits per heavy atom.